The van der Waals surface area contributed by atoms with E-state index in [-0.39, 0.29) is 18.9 Å². The maximum atomic E-state index is 13.4. The molecule has 2 fully saturated rings. The molecule has 14 heteroatoms. The van der Waals surface area contributed by atoms with Gasteiger partial charge in [0.1, 0.15) is 48.8 Å². The fraction of sp³-hybridized carbons (Fsp3) is 0.911. The van der Waals surface area contributed by atoms with Gasteiger partial charge >= 0.3 is 0 Å². The highest BCUT2D eigenvalue weighted by molar-refractivity contribution is 5.76. The number of ether oxygens (including phenoxy) is 4. The summed E-state index contributed by atoms with van der Waals surface area (Å²) in [6.07, 6.45) is 66.7. The van der Waals surface area contributed by atoms with Crippen LogP contribution < -0.4 is 5.32 Å². The molecule has 2 aliphatic rings. The second-order valence-corrected chi connectivity index (χ2v) is 28.2. The van der Waals surface area contributed by atoms with E-state index in [1.807, 2.05) is 6.08 Å². The number of amides is 1. The van der Waals surface area contributed by atoms with Gasteiger partial charge in [-0.05, 0) is 51.4 Å². The van der Waals surface area contributed by atoms with Crippen molar-refractivity contribution in [2.45, 2.75) is 441 Å². The lowest BCUT2D eigenvalue weighted by Crippen LogP contribution is -2.65. The zero-order valence-corrected chi connectivity index (χ0v) is 60.0. The van der Waals surface area contributed by atoms with Crippen molar-refractivity contribution < 1.29 is 64.6 Å². The molecule has 2 saturated heterocycles. The summed E-state index contributed by atoms with van der Waals surface area (Å²) in [7, 11) is 0. The Labute approximate surface area is 570 Å². The SMILES string of the molecule is CCCCCCC/C=C\C/C=C\CCCCCCCCCCCCCCCCCCCCCCCCCCCCCCCC(=O)NC(COC1OC(CO)C(OC2OC(CO)C(O)C(O)C2O)C(O)C1O)C(O)/C=C/CCCCCCCCCCCCCCCCCC. The number of aliphatic hydroxyl groups excluding tert-OH is 8. The molecule has 0 aromatic carbocycles. The molecule has 0 radical (unpaired) electrons. The highest BCUT2D eigenvalue weighted by Crippen LogP contribution is 2.30. The topological polar surface area (TPSA) is 228 Å². The van der Waals surface area contributed by atoms with E-state index in [0.29, 0.717) is 6.42 Å². The minimum absolute atomic E-state index is 0.231. The summed E-state index contributed by atoms with van der Waals surface area (Å²) in [6.45, 7) is 2.84. The van der Waals surface area contributed by atoms with Crippen molar-refractivity contribution in [1.82, 2.24) is 5.32 Å². The number of unbranched alkanes of at least 4 members (excludes halogenated alkanes) is 50. The van der Waals surface area contributed by atoms with Gasteiger partial charge in [-0.2, -0.15) is 0 Å². The van der Waals surface area contributed by atoms with E-state index in [9.17, 15) is 45.6 Å². The summed E-state index contributed by atoms with van der Waals surface area (Å²) in [5, 5.41) is 87.5. The number of hydrogen-bond acceptors (Lipinski definition) is 13. The largest absolute Gasteiger partial charge is 0.394 e. The van der Waals surface area contributed by atoms with E-state index in [4.69, 9.17) is 18.9 Å². The molecule has 93 heavy (non-hydrogen) atoms. The van der Waals surface area contributed by atoms with Crippen LogP contribution in [0.2, 0.25) is 0 Å². The van der Waals surface area contributed by atoms with Gasteiger partial charge in [-0.25, -0.2) is 0 Å². The molecule has 12 atom stereocenters. The summed E-state index contributed by atoms with van der Waals surface area (Å²) in [5.41, 5.74) is 0. The second-order valence-electron chi connectivity index (χ2n) is 28.2. The van der Waals surface area contributed by atoms with Gasteiger partial charge < -0.3 is 65.1 Å². The molecule has 0 spiro atoms. The van der Waals surface area contributed by atoms with Crippen LogP contribution in [-0.4, -0.2) is 140 Å². The Bertz CT molecular complexity index is 1700. The maximum Gasteiger partial charge on any atom is 0.220 e. The third-order valence-electron chi connectivity index (χ3n) is 19.6. The van der Waals surface area contributed by atoms with Crippen LogP contribution in [0.3, 0.4) is 0 Å². The highest BCUT2D eigenvalue weighted by Gasteiger charge is 2.51. The average molecular weight is 1320 g/mol. The van der Waals surface area contributed by atoms with Crippen LogP contribution in [0.25, 0.3) is 0 Å². The van der Waals surface area contributed by atoms with Crippen molar-refractivity contribution in [1.29, 1.82) is 0 Å². The summed E-state index contributed by atoms with van der Waals surface area (Å²) >= 11 is 0. The molecular formula is C79H149NO13. The minimum Gasteiger partial charge on any atom is -0.394 e. The van der Waals surface area contributed by atoms with Gasteiger partial charge in [-0.3, -0.25) is 4.79 Å². The fourth-order valence-electron chi connectivity index (χ4n) is 13.3. The zero-order valence-electron chi connectivity index (χ0n) is 60.0. The van der Waals surface area contributed by atoms with Gasteiger partial charge in [-0.15, -0.1) is 0 Å². The number of carbonyl (C=O) groups excluding carboxylic acids is 1. The Kier molecular flexibility index (Phi) is 59.7. The lowest BCUT2D eigenvalue weighted by molar-refractivity contribution is -0.359. The van der Waals surface area contributed by atoms with Gasteiger partial charge in [0, 0.05) is 6.42 Å². The first-order chi connectivity index (χ1) is 45.6. The molecule has 0 bridgehead atoms. The van der Waals surface area contributed by atoms with E-state index in [0.717, 1.165) is 44.9 Å². The van der Waals surface area contributed by atoms with Crippen LogP contribution in [0, 0.1) is 0 Å². The summed E-state index contributed by atoms with van der Waals surface area (Å²) in [6, 6.07) is -0.913. The highest BCUT2D eigenvalue weighted by atomic mass is 16.7. The summed E-state index contributed by atoms with van der Waals surface area (Å²) in [4.78, 5) is 13.4. The van der Waals surface area contributed by atoms with Crippen LogP contribution in [-0.2, 0) is 23.7 Å². The number of nitrogens with one attached hydrogen (secondary N) is 1. The first-order valence-corrected chi connectivity index (χ1v) is 39.7. The molecule has 0 saturated carbocycles. The van der Waals surface area contributed by atoms with Crippen molar-refractivity contribution in [3.8, 4) is 0 Å². The molecule has 0 aromatic rings. The Hall–Kier alpha value is -1.79. The Morgan fingerprint density at radius 1 is 0.387 bits per heavy atom. The molecule has 1 amide bonds. The van der Waals surface area contributed by atoms with E-state index >= 15 is 0 Å². The third kappa shape index (κ3) is 47.0. The second kappa shape index (κ2) is 63.6. The van der Waals surface area contributed by atoms with E-state index in [1.165, 1.54) is 295 Å². The quantitative estimate of drug-likeness (QED) is 0.0204. The molecular weight excluding hydrogens is 1170 g/mol. The zero-order chi connectivity index (χ0) is 67.3. The number of hydrogen-bond donors (Lipinski definition) is 9. The van der Waals surface area contributed by atoms with Crippen molar-refractivity contribution in [3.05, 3.63) is 36.5 Å². The predicted molar refractivity (Wildman–Crippen MR) is 383 cm³/mol. The fourth-order valence-corrected chi connectivity index (χ4v) is 13.3. The summed E-state index contributed by atoms with van der Waals surface area (Å²) < 4.78 is 22.9. The number of rotatable bonds is 67. The van der Waals surface area contributed by atoms with Gasteiger partial charge in [-0.1, -0.05) is 346 Å². The number of aliphatic hydroxyl groups is 8. The molecule has 12 unspecified atom stereocenters. The van der Waals surface area contributed by atoms with Gasteiger partial charge in [0.15, 0.2) is 12.6 Å². The lowest BCUT2D eigenvalue weighted by atomic mass is 9.97. The molecule has 14 nitrogen and oxygen atoms in total. The van der Waals surface area contributed by atoms with Crippen LogP contribution in [0.4, 0.5) is 0 Å². The number of allylic oxidation sites excluding steroid dienone is 5. The van der Waals surface area contributed by atoms with Gasteiger partial charge in [0.2, 0.25) is 5.91 Å². The first kappa shape index (κ1) is 87.3. The number of carbonyl (C=O) groups is 1. The van der Waals surface area contributed by atoms with E-state index in [2.05, 4.69) is 43.5 Å². The van der Waals surface area contributed by atoms with Gasteiger partial charge in [0.25, 0.3) is 0 Å². The molecule has 2 aliphatic heterocycles. The van der Waals surface area contributed by atoms with Crippen LogP contribution in [0.5, 0.6) is 0 Å². The lowest BCUT2D eigenvalue weighted by Gasteiger charge is -2.46. The normalized spacial score (nSPS) is 22.7. The van der Waals surface area contributed by atoms with Crippen LogP contribution in [0.1, 0.15) is 367 Å². The van der Waals surface area contributed by atoms with Crippen molar-refractivity contribution in [2.24, 2.45) is 0 Å². The van der Waals surface area contributed by atoms with E-state index in [1.54, 1.807) is 6.08 Å². The molecule has 9 N–H and O–H groups in total. The van der Waals surface area contributed by atoms with Crippen molar-refractivity contribution >= 4 is 5.91 Å². The standard InChI is InChI=1S/C79H149NO13/c1-3-5-7-9-11-13-15-17-19-21-23-24-25-26-27-28-29-30-31-32-33-34-35-36-37-38-39-40-41-42-43-44-45-47-49-51-53-55-57-59-61-63-71(84)80-67(68(83)62-60-58-56-54-52-50-48-46-22-20-18-16-14-12-10-8-6-4-2)66-90-78-76(89)74(87)77(70(65-82)92-78)93-79-75(88)73(86)72(85)69(64-81)91-79/h15,17,21,23,60,62,67-70,72-79,81-83,85-89H,3-14,16,18-20,22,24-59,61,63-66H2,1-2H3,(H,80,84)/b17-15-,23-21-,62-60+. The van der Waals surface area contributed by atoms with E-state index < -0.39 is 86.8 Å². The first-order valence-electron chi connectivity index (χ1n) is 39.7. The average Bonchev–Trinajstić information content (AvgIpc) is 0.958. The van der Waals surface area contributed by atoms with Crippen LogP contribution >= 0.6 is 0 Å². The van der Waals surface area contributed by atoms with Crippen molar-refractivity contribution in [3.63, 3.8) is 0 Å². The summed E-state index contributed by atoms with van der Waals surface area (Å²) in [5.74, 6) is -0.231. The molecule has 2 rings (SSSR count). The Morgan fingerprint density at radius 2 is 0.710 bits per heavy atom. The minimum atomic E-state index is -1.79. The van der Waals surface area contributed by atoms with Crippen molar-refractivity contribution in [2.75, 3.05) is 19.8 Å². The third-order valence-corrected chi connectivity index (χ3v) is 19.6. The van der Waals surface area contributed by atoms with Crippen LogP contribution in [0.15, 0.2) is 36.5 Å². The maximum absolute atomic E-state index is 13.4. The van der Waals surface area contributed by atoms with Gasteiger partial charge in [0.05, 0.1) is 32.0 Å². The Balaban J connectivity index is 1.54. The predicted octanol–water partition coefficient (Wildman–Crippen LogP) is 17.6. The Morgan fingerprint density at radius 3 is 1.08 bits per heavy atom. The molecule has 0 aromatic heterocycles. The monoisotopic (exact) mass is 1320 g/mol. The smallest absolute Gasteiger partial charge is 0.220 e. The molecule has 548 valence electrons. The molecule has 0 aliphatic carbocycles. The molecule has 2 heterocycles.